The first-order valence-corrected chi connectivity index (χ1v) is 9.49. The molecule has 0 bridgehead atoms. The zero-order chi connectivity index (χ0) is 15.7. The summed E-state index contributed by atoms with van der Waals surface area (Å²) in [6.07, 6.45) is 12.5. The minimum Gasteiger partial charge on any atom is -0.176 e. The summed E-state index contributed by atoms with van der Waals surface area (Å²) in [5, 5.41) is 9.33. The van der Waals surface area contributed by atoms with Gasteiger partial charge in [-0.05, 0) is 35.7 Å². The summed E-state index contributed by atoms with van der Waals surface area (Å²) in [5.74, 6) is 0. The monoisotopic (exact) mass is 377 g/mol. The van der Waals surface area contributed by atoms with Gasteiger partial charge in [0.1, 0.15) is 0 Å². The van der Waals surface area contributed by atoms with E-state index in [1.54, 1.807) is 0 Å². The number of rotatable bonds is 11. The number of unbranched alkanes of at least 4 members (excludes halogenated alkanes) is 6. The van der Waals surface area contributed by atoms with Crippen molar-refractivity contribution in [1.29, 1.82) is 0 Å². The van der Waals surface area contributed by atoms with Crippen LogP contribution in [0.4, 0.5) is 0 Å². The van der Waals surface area contributed by atoms with E-state index >= 15 is 0 Å². The highest BCUT2D eigenvalue weighted by Gasteiger charge is 2.28. The van der Waals surface area contributed by atoms with Gasteiger partial charge in [0, 0.05) is 0 Å². The van der Waals surface area contributed by atoms with Gasteiger partial charge in [0.05, 0.1) is 5.54 Å². The van der Waals surface area contributed by atoms with Gasteiger partial charge in [-0.2, -0.15) is 4.80 Å². The van der Waals surface area contributed by atoms with Crippen LogP contribution in [0.15, 0.2) is 4.60 Å². The molecule has 0 saturated carbocycles. The minimum absolute atomic E-state index is 0.0168. The van der Waals surface area contributed by atoms with Crippen LogP contribution >= 0.6 is 27.5 Å². The van der Waals surface area contributed by atoms with Gasteiger partial charge in [0.25, 0.3) is 0 Å². The predicted octanol–water partition coefficient (Wildman–Crippen LogP) is 6.35. The molecule has 0 radical (unpaired) electrons. The second kappa shape index (κ2) is 9.83. The van der Waals surface area contributed by atoms with E-state index in [4.69, 9.17) is 11.6 Å². The Labute approximate surface area is 143 Å². The molecule has 21 heavy (non-hydrogen) atoms. The summed E-state index contributed by atoms with van der Waals surface area (Å²) in [7, 11) is 0. The molecule has 122 valence electrons. The van der Waals surface area contributed by atoms with Crippen molar-refractivity contribution >= 4 is 27.5 Å². The fraction of sp³-hybridized carbons (Fsp3) is 0.875. The Bertz CT molecular complexity index is 389. The Morgan fingerprint density at radius 2 is 1.48 bits per heavy atom. The highest BCUT2D eigenvalue weighted by molar-refractivity contribution is 9.10. The predicted molar refractivity (Wildman–Crippen MR) is 93.9 cm³/mol. The molecule has 0 aliphatic rings. The van der Waals surface area contributed by atoms with Crippen molar-refractivity contribution in [3.05, 3.63) is 9.76 Å². The third kappa shape index (κ3) is 6.27. The lowest BCUT2D eigenvalue weighted by Gasteiger charge is -2.29. The Balaban J connectivity index is 2.65. The van der Waals surface area contributed by atoms with Crippen LogP contribution in [0.3, 0.4) is 0 Å². The first-order valence-electron chi connectivity index (χ1n) is 8.32. The molecule has 0 spiro atoms. The van der Waals surface area contributed by atoms with Gasteiger partial charge >= 0.3 is 0 Å². The van der Waals surface area contributed by atoms with Crippen molar-refractivity contribution in [3.8, 4) is 0 Å². The topological polar surface area (TPSA) is 30.7 Å². The number of aromatic nitrogens is 3. The lowest BCUT2D eigenvalue weighted by atomic mass is 9.89. The molecule has 0 aliphatic heterocycles. The SMILES string of the molecule is CCCCCCCC(C)(CCCCC)n1nc(Cl)c(Br)n1. The first kappa shape index (κ1) is 19.0. The van der Waals surface area contributed by atoms with Gasteiger partial charge in [-0.25, -0.2) is 0 Å². The summed E-state index contributed by atoms with van der Waals surface area (Å²) in [6, 6.07) is 0. The van der Waals surface area contributed by atoms with Crippen LogP contribution in [0.25, 0.3) is 0 Å². The molecule has 5 heteroatoms. The van der Waals surface area contributed by atoms with Crippen molar-refractivity contribution in [2.45, 2.75) is 90.5 Å². The van der Waals surface area contributed by atoms with Gasteiger partial charge < -0.3 is 0 Å². The second-order valence-corrected chi connectivity index (χ2v) is 7.30. The largest absolute Gasteiger partial charge is 0.185 e. The van der Waals surface area contributed by atoms with Crippen molar-refractivity contribution < 1.29 is 0 Å². The smallest absolute Gasteiger partial charge is 0.176 e. The molecular formula is C16H29BrClN3. The molecule has 1 atom stereocenters. The van der Waals surface area contributed by atoms with Gasteiger partial charge in [0.2, 0.25) is 0 Å². The normalized spacial score (nSPS) is 14.3. The van der Waals surface area contributed by atoms with Crippen molar-refractivity contribution in [2.24, 2.45) is 0 Å². The number of halogens is 2. The van der Waals surface area contributed by atoms with Crippen LogP contribution < -0.4 is 0 Å². The van der Waals surface area contributed by atoms with E-state index in [0.717, 1.165) is 12.8 Å². The Kier molecular flexibility index (Phi) is 8.88. The fourth-order valence-corrected chi connectivity index (χ4v) is 3.04. The molecule has 3 nitrogen and oxygen atoms in total. The lowest BCUT2D eigenvalue weighted by molar-refractivity contribution is 0.200. The highest BCUT2D eigenvalue weighted by Crippen LogP contribution is 2.31. The maximum absolute atomic E-state index is 6.06. The summed E-state index contributed by atoms with van der Waals surface area (Å²) in [4.78, 5) is 1.84. The number of hydrogen-bond acceptors (Lipinski definition) is 2. The third-order valence-electron chi connectivity index (χ3n) is 4.16. The van der Waals surface area contributed by atoms with Crippen LogP contribution in [-0.4, -0.2) is 15.0 Å². The molecule has 1 aromatic heterocycles. The van der Waals surface area contributed by atoms with E-state index in [2.05, 4.69) is 46.9 Å². The van der Waals surface area contributed by atoms with Crippen molar-refractivity contribution in [1.82, 2.24) is 15.0 Å². The maximum atomic E-state index is 6.06. The quantitative estimate of drug-likeness (QED) is 0.420. The molecule has 0 fully saturated rings. The van der Waals surface area contributed by atoms with E-state index in [9.17, 15) is 0 Å². The molecule has 0 amide bonds. The molecule has 1 aromatic rings. The molecule has 0 aromatic carbocycles. The van der Waals surface area contributed by atoms with Gasteiger partial charge in [0.15, 0.2) is 9.76 Å². The Hall–Kier alpha value is -0.0900. The number of nitrogens with zero attached hydrogens (tertiary/aromatic N) is 3. The number of hydrogen-bond donors (Lipinski definition) is 0. The summed E-state index contributed by atoms with van der Waals surface area (Å²) in [5.41, 5.74) is -0.0168. The minimum atomic E-state index is -0.0168. The zero-order valence-corrected chi connectivity index (χ0v) is 16.0. The van der Waals surface area contributed by atoms with E-state index in [0.29, 0.717) is 9.76 Å². The molecule has 1 rings (SSSR count). The van der Waals surface area contributed by atoms with Crippen molar-refractivity contribution in [3.63, 3.8) is 0 Å². The average Bonchev–Trinajstić information content (AvgIpc) is 2.79. The van der Waals surface area contributed by atoms with Crippen LogP contribution in [0.1, 0.15) is 85.0 Å². The van der Waals surface area contributed by atoms with E-state index in [1.165, 1.54) is 51.4 Å². The summed E-state index contributed by atoms with van der Waals surface area (Å²) in [6.45, 7) is 6.76. The van der Waals surface area contributed by atoms with Gasteiger partial charge in [-0.1, -0.05) is 76.8 Å². The zero-order valence-electron chi connectivity index (χ0n) is 13.7. The van der Waals surface area contributed by atoms with E-state index < -0.39 is 0 Å². The van der Waals surface area contributed by atoms with E-state index in [-0.39, 0.29) is 5.54 Å². The van der Waals surface area contributed by atoms with Gasteiger partial charge in [-0.3, -0.25) is 0 Å². The molecule has 1 unspecified atom stereocenters. The molecular weight excluding hydrogens is 350 g/mol. The standard InChI is InChI=1S/C16H29BrClN3/c1-4-6-8-9-11-13-16(3,12-10-7-5-2)21-19-14(17)15(18)20-21/h4-13H2,1-3H3. The third-order valence-corrected chi connectivity index (χ3v) is 5.17. The van der Waals surface area contributed by atoms with Crippen LogP contribution in [0, 0.1) is 0 Å². The second-order valence-electron chi connectivity index (χ2n) is 6.19. The maximum Gasteiger partial charge on any atom is 0.185 e. The first-order chi connectivity index (χ1) is 10.0. The Morgan fingerprint density at radius 3 is 2.00 bits per heavy atom. The van der Waals surface area contributed by atoms with Crippen LogP contribution in [0.5, 0.6) is 0 Å². The lowest BCUT2D eigenvalue weighted by Crippen LogP contribution is -2.32. The van der Waals surface area contributed by atoms with E-state index in [1.807, 2.05) is 4.80 Å². The van der Waals surface area contributed by atoms with Crippen molar-refractivity contribution in [2.75, 3.05) is 0 Å². The fourth-order valence-electron chi connectivity index (χ4n) is 2.70. The molecule has 1 heterocycles. The van der Waals surface area contributed by atoms with Gasteiger partial charge in [-0.15, -0.1) is 10.2 Å². The van der Waals surface area contributed by atoms with Crippen LogP contribution in [0.2, 0.25) is 5.15 Å². The van der Waals surface area contributed by atoms with Crippen LogP contribution in [-0.2, 0) is 5.54 Å². The summed E-state index contributed by atoms with van der Waals surface area (Å²) < 4.78 is 0.650. The molecule has 0 saturated heterocycles. The molecule has 0 aliphatic carbocycles. The average molecular weight is 379 g/mol. The summed E-state index contributed by atoms with van der Waals surface area (Å²) >= 11 is 9.42. The Morgan fingerprint density at radius 1 is 0.952 bits per heavy atom. The molecule has 0 N–H and O–H groups in total. The highest BCUT2D eigenvalue weighted by atomic mass is 79.9.